The molecule has 0 saturated heterocycles. The van der Waals surface area contributed by atoms with E-state index in [0.29, 0.717) is 28.9 Å². The molecule has 2 aliphatic rings. The van der Waals surface area contributed by atoms with Crippen LogP contribution in [0.15, 0.2) is 99.1 Å². The number of anilines is 2. The Bertz CT molecular complexity index is 2100. The van der Waals surface area contributed by atoms with Crippen LogP contribution in [0.25, 0.3) is 10.8 Å². The van der Waals surface area contributed by atoms with Gasteiger partial charge in [0.25, 0.3) is 20.0 Å². The second-order valence-corrected chi connectivity index (χ2v) is 15.1. The third kappa shape index (κ3) is 4.99. The van der Waals surface area contributed by atoms with Crippen LogP contribution in [0.3, 0.4) is 0 Å². The second-order valence-electron chi connectivity index (χ2n) is 11.8. The Balaban J connectivity index is 1.35. The highest BCUT2D eigenvalue weighted by atomic mass is 32.2. The Morgan fingerprint density at radius 1 is 0.955 bits per heavy atom. The van der Waals surface area contributed by atoms with Gasteiger partial charge in [0.15, 0.2) is 11.6 Å². The third-order valence-electron chi connectivity index (χ3n) is 8.38. The first-order valence-corrected chi connectivity index (χ1v) is 17.2. The first kappa shape index (κ1) is 29.7. The summed E-state index contributed by atoms with van der Waals surface area (Å²) >= 11 is 0. The molecule has 44 heavy (non-hydrogen) atoms. The molecule has 4 aromatic carbocycles. The molecule has 1 aliphatic heterocycles. The van der Waals surface area contributed by atoms with Crippen molar-refractivity contribution in [1.82, 2.24) is 0 Å². The maximum absolute atomic E-state index is 14.1. The molecule has 11 heteroatoms. The van der Waals surface area contributed by atoms with E-state index < -0.39 is 42.9 Å². The van der Waals surface area contributed by atoms with Crippen molar-refractivity contribution in [3.05, 3.63) is 96.1 Å². The minimum Gasteiger partial charge on any atom is -0.341 e. The summed E-state index contributed by atoms with van der Waals surface area (Å²) in [4.78, 5) is 27.5. The molecule has 0 saturated carbocycles. The smallest absolute Gasteiger partial charge is 0.286 e. The number of sulfonamides is 2. The number of amidine groups is 1. The van der Waals surface area contributed by atoms with Crippen LogP contribution in [-0.2, 0) is 30.3 Å². The summed E-state index contributed by atoms with van der Waals surface area (Å²) in [6.07, 6.45) is 1.22. The van der Waals surface area contributed by atoms with Gasteiger partial charge in [0.1, 0.15) is 16.6 Å². The van der Waals surface area contributed by atoms with Crippen LogP contribution in [0.5, 0.6) is 0 Å². The van der Waals surface area contributed by atoms with E-state index >= 15 is 0 Å². The fraction of sp³-hybridized carbons (Fsp3) is 0.242. The average Bonchev–Trinajstić information content (AvgIpc) is 2.99. The number of hydrogen-bond acceptors (Lipinski definition) is 7. The first-order chi connectivity index (χ1) is 20.8. The summed E-state index contributed by atoms with van der Waals surface area (Å²) in [5, 5.41) is 4.18. The van der Waals surface area contributed by atoms with Crippen LogP contribution in [0, 0.1) is 11.8 Å². The number of fused-ring (bicyclic) bond motifs is 3. The van der Waals surface area contributed by atoms with Crippen LogP contribution in [0.1, 0.15) is 49.5 Å². The molecule has 0 radical (unpaired) electrons. The van der Waals surface area contributed by atoms with Crippen LogP contribution >= 0.6 is 0 Å². The predicted molar refractivity (Wildman–Crippen MR) is 170 cm³/mol. The molecule has 1 unspecified atom stereocenters. The lowest BCUT2D eigenvalue weighted by Crippen LogP contribution is -2.51. The van der Waals surface area contributed by atoms with Crippen LogP contribution in [0.4, 0.5) is 11.4 Å². The Labute approximate surface area is 256 Å². The molecular formula is C33H31N3O6S2. The topological polar surface area (TPSA) is 139 Å². The second kappa shape index (κ2) is 10.7. The van der Waals surface area contributed by atoms with Crippen molar-refractivity contribution in [3.63, 3.8) is 0 Å². The van der Waals surface area contributed by atoms with Gasteiger partial charge in [0.2, 0.25) is 0 Å². The van der Waals surface area contributed by atoms with E-state index in [0.717, 1.165) is 11.8 Å². The highest BCUT2D eigenvalue weighted by Gasteiger charge is 2.51. The van der Waals surface area contributed by atoms with Gasteiger partial charge < -0.3 is 5.32 Å². The molecule has 6 rings (SSSR count). The number of carbonyl (C=O) groups excluding carboxylic acids is 2. The molecule has 226 valence electrons. The van der Waals surface area contributed by atoms with E-state index in [-0.39, 0.29) is 27.0 Å². The van der Waals surface area contributed by atoms with Gasteiger partial charge in [-0.25, -0.2) is 8.42 Å². The van der Waals surface area contributed by atoms with Crippen LogP contribution in [-0.4, -0.2) is 34.2 Å². The van der Waals surface area contributed by atoms with E-state index in [2.05, 4.69) is 28.3 Å². The highest BCUT2D eigenvalue weighted by Crippen LogP contribution is 2.43. The van der Waals surface area contributed by atoms with Crippen molar-refractivity contribution in [1.29, 1.82) is 0 Å². The van der Waals surface area contributed by atoms with Gasteiger partial charge in [0.05, 0.1) is 21.7 Å². The molecule has 1 heterocycles. The minimum absolute atomic E-state index is 0.0146. The maximum Gasteiger partial charge on any atom is 0.286 e. The molecular weight excluding hydrogens is 599 g/mol. The summed E-state index contributed by atoms with van der Waals surface area (Å²) < 4.78 is 60.1. The molecule has 0 bridgehead atoms. The zero-order chi connectivity index (χ0) is 31.4. The highest BCUT2D eigenvalue weighted by molar-refractivity contribution is 7.93. The van der Waals surface area contributed by atoms with Crippen molar-refractivity contribution in [3.8, 4) is 0 Å². The number of rotatable bonds is 7. The number of carbonyl (C=O) groups is 2. The van der Waals surface area contributed by atoms with Gasteiger partial charge >= 0.3 is 0 Å². The summed E-state index contributed by atoms with van der Waals surface area (Å²) in [7, 11) is -8.51. The summed E-state index contributed by atoms with van der Waals surface area (Å²) in [5.74, 6) is -2.31. The number of benzene rings is 4. The Kier molecular flexibility index (Phi) is 7.21. The summed E-state index contributed by atoms with van der Waals surface area (Å²) in [6, 6.07) is 22.9. The molecule has 2 atom stereocenters. The lowest BCUT2D eigenvalue weighted by atomic mass is 9.63. The van der Waals surface area contributed by atoms with E-state index in [1.807, 2.05) is 6.07 Å². The van der Waals surface area contributed by atoms with E-state index in [4.69, 9.17) is 0 Å². The van der Waals surface area contributed by atoms with Gasteiger partial charge in [-0.3, -0.25) is 14.3 Å². The van der Waals surface area contributed by atoms with Crippen molar-refractivity contribution in [2.45, 2.75) is 48.8 Å². The quantitative estimate of drug-likeness (QED) is 0.242. The summed E-state index contributed by atoms with van der Waals surface area (Å²) in [6.45, 7) is 5.91. The van der Waals surface area contributed by atoms with Crippen molar-refractivity contribution < 1.29 is 26.4 Å². The zero-order valence-electron chi connectivity index (χ0n) is 24.4. The van der Waals surface area contributed by atoms with Gasteiger partial charge in [-0.1, -0.05) is 74.5 Å². The SMILES string of the molecule is CC(C)CC[C@@]1(C)C(=O)C(C2=NS(=O)(=O)c3cc(NS(=O)(=O)c4cccc5ccccc45)ccc3N2)C(=O)c2ccccc21. The predicted octanol–water partition coefficient (Wildman–Crippen LogP) is 5.93. The Morgan fingerprint density at radius 2 is 1.66 bits per heavy atom. The molecule has 1 aliphatic carbocycles. The molecule has 0 amide bonds. The number of Topliss-reactive ketones (excluding diaryl/α,β-unsaturated/α-hetero) is 2. The minimum atomic E-state index is -4.42. The Hall–Kier alpha value is -4.35. The van der Waals surface area contributed by atoms with Crippen molar-refractivity contribution in [2.75, 3.05) is 10.0 Å². The van der Waals surface area contributed by atoms with Gasteiger partial charge in [-0.2, -0.15) is 8.42 Å². The fourth-order valence-electron chi connectivity index (χ4n) is 6.00. The molecule has 0 aromatic heterocycles. The molecule has 0 fully saturated rings. The molecule has 9 nitrogen and oxygen atoms in total. The molecule has 4 aromatic rings. The zero-order valence-corrected chi connectivity index (χ0v) is 26.0. The largest absolute Gasteiger partial charge is 0.341 e. The monoisotopic (exact) mass is 629 g/mol. The number of nitrogens with zero attached hydrogens (tertiary/aromatic N) is 1. The Morgan fingerprint density at radius 3 is 2.43 bits per heavy atom. The first-order valence-electron chi connectivity index (χ1n) is 14.3. The maximum atomic E-state index is 14.1. The number of nitrogens with one attached hydrogen (secondary N) is 2. The van der Waals surface area contributed by atoms with Crippen molar-refractivity contribution in [2.24, 2.45) is 16.2 Å². The van der Waals surface area contributed by atoms with Gasteiger partial charge in [-0.05, 0) is 60.9 Å². The van der Waals surface area contributed by atoms with Gasteiger partial charge in [-0.15, -0.1) is 4.40 Å². The number of hydrogen-bond donors (Lipinski definition) is 2. The standard InChI is InChI=1S/C33H31N3O6S2/c1-20(2)17-18-33(3)25-13-7-6-12-24(25)30(37)29(31(33)38)32-34-26-16-15-22(19-28(26)44(41,42)36-32)35-43(39,40)27-14-8-10-21-9-4-5-11-23(21)27/h4-16,19-20,29,35H,17-18H2,1-3H3,(H,34,36)/t29?,33-/m1/s1. The summed E-state index contributed by atoms with van der Waals surface area (Å²) in [5.41, 5.74) is 0.0911. The lowest BCUT2D eigenvalue weighted by molar-refractivity contribution is -0.125. The lowest BCUT2D eigenvalue weighted by Gasteiger charge is -2.39. The van der Waals surface area contributed by atoms with Crippen molar-refractivity contribution >= 4 is 59.6 Å². The third-order valence-corrected chi connectivity index (χ3v) is 11.2. The van der Waals surface area contributed by atoms with E-state index in [9.17, 15) is 26.4 Å². The normalized spacial score (nSPS) is 20.9. The van der Waals surface area contributed by atoms with Gasteiger partial charge in [0, 0.05) is 10.9 Å². The van der Waals surface area contributed by atoms with E-state index in [1.54, 1.807) is 61.5 Å². The molecule has 2 N–H and O–H groups in total. The van der Waals surface area contributed by atoms with Crippen LogP contribution in [0.2, 0.25) is 0 Å². The average molecular weight is 630 g/mol. The fourth-order valence-corrected chi connectivity index (χ4v) is 8.46. The van der Waals surface area contributed by atoms with Crippen LogP contribution < -0.4 is 10.0 Å². The number of ketones is 2. The molecule has 0 spiro atoms. The van der Waals surface area contributed by atoms with E-state index in [1.165, 1.54) is 24.3 Å².